The van der Waals surface area contributed by atoms with Crippen LogP contribution in [0.2, 0.25) is 0 Å². The Morgan fingerprint density at radius 2 is 0.761 bits per heavy atom. The molecule has 67 heavy (non-hydrogen) atoms. The molecular formula is C50H50N4O13. The van der Waals surface area contributed by atoms with E-state index in [1.165, 1.54) is 54.6 Å². The summed E-state index contributed by atoms with van der Waals surface area (Å²) < 4.78 is 0. The number of carboxylic acid groups (broad SMARTS) is 4. The second kappa shape index (κ2) is 23.0. The molecule has 0 aliphatic heterocycles. The average molecular weight is 915 g/mol. The van der Waals surface area contributed by atoms with Gasteiger partial charge in [-0.3, -0.25) is 19.2 Å². The van der Waals surface area contributed by atoms with Crippen molar-refractivity contribution in [2.75, 3.05) is 0 Å². The number of nitrogens with one attached hydrogen (secondary N) is 4. The van der Waals surface area contributed by atoms with Gasteiger partial charge in [0, 0.05) is 41.5 Å². The number of hydrogen-bond donors (Lipinski definition) is 9. The Labute approximate surface area is 384 Å². The van der Waals surface area contributed by atoms with Crippen LogP contribution in [0, 0.1) is 5.92 Å². The van der Waals surface area contributed by atoms with Crippen molar-refractivity contribution in [3.63, 3.8) is 0 Å². The van der Waals surface area contributed by atoms with E-state index in [1.807, 2.05) is 0 Å². The Bertz CT molecular complexity index is 2530. The van der Waals surface area contributed by atoms with Gasteiger partial charge in [-0.25, -0.2) is 19.2 Å². The summed E-state index contributed by atoms with van der Waals surface area (Å²) in [5.74, 6) is -9.56. The highest BCUT2D eigenvalue weighted by atomic mass is 16.4. The fourth-order valence-electron chi connectivity index (χ4n) is 7.15. The molecule has 0 saturated carbocycles. The van der Waals surface area contributed by atoms with Crippen LogP contribution in [-0.4, -0.2) is 97.2 Å². The van der Waals surface area contributed by atoms with Crippen molar-refractivity contribution in [2.24, 2.45) is 5.92 Å². The van der Waals surface area contributed by atoms with E-state index in [-0.39, 0.29) is 64.8 Å². The van der Waals surface area contributed by atoms with Crippen LogP contribution < -0.4 is 21.3 Å². The molecule has 5 unspecified atom stereocenters. The first-order valence-corrected chi connectivity index (χ1v) is 21.2. The minimum Gasteiger partial charge on any atom is -0.508 e. The van der Waals surface area contributed by atoms with E-state index in [2.05, 4.69) is 21.3 Å². The lowest BCUT2D eigenvalue weighted by atomic mass is 9.95. The largest absolute Gasteiger partial charge is 0.508 e. The molecule has 0 bridgehead atoms. The first kappa shape index (κ1) is 49.7. The van der Waals surface area contributed by atoms with Gasteiger partial charge in [-0.1, -0.05) is 93.1 Å². The van der Waals surface area contributed by atoms with Crippen molar-refractivity contribution in [3.8, 4) is 5.75 Å². The quantitative estimate of drug-likeness (QED) is 0.0463. The van der Waals surface area contributed by atoms with E-state index in [0.717, 1.165) is 6.07 Å². The van der Waals surface area contributed by atoms with E-state index in [0.29, 0.717) is 23.1 Å². The molecule has 348 valence electrons. The van der Waals surface area contributed by atoms with Gasteiger partial charge in [-0.15, -0.1) is 0 Å². The predicted octanol–water partition coefficient (Wildman–Crippen LogP) is 4.49. The van der Waals surface area contributed by atoms with E-state index >= 15 is 0 Å². The lowest BCUT2D eigenvalue weighted by molar-refractivity contribution is -0.141. The van der Waals surface area contributed by atoms with Gasteiger partial charge in [0.2, 0.25) is 0 Å². The minimum absolute atomic E-state index is 0.0558. The molecule has 0 aliphatic rings. The zero-order valence-corrected chi connectivity index (χ0v) is 36.5. The molecule has 0 heterocycles. The summed E-state index contributed by atoms with van der Waals surface area (Å²) in [5.41, 5.74) is 1.30. The number of phenolic OH excluding ortho intramolecular Hbond substituents is 1. The smallest absolute Gasteiger partial charge is 0.326 e. The number of carboxylic acids is 4. The highest BCUT2D eigenvalue weighted by molar-refractivity contribution is 6.03. The van der Waals surface area contributed by atoms with Crippen LogP contribution in [0.3, 0.4) is 0 Å². The monoisotopic (exact) mass is 914 g/mol. The van der Waals surface area contributed by atoms with E-state index in [4.69, 9.17) is 0 Å². The molecule has 4 amide bonds. The van der Waals surface area contributed by atoms with Gasteiger partial charge in [-0.2, -0.15) is 0 Å². The van der Waals surface area contributed by atoms with E-state index in [9.17, 15) is 63.9 Å². The first-order valence-electron chi connectivity index (χ1n) is 21.2. The number of carbonyl (C=O) groups is 8. The Balaban J connectivity index is 1.56. The number of hydrogen-bond acceptors (Lipinski definition) is 9. The van der Waals surface area contributed by atoms with Gasteiger partial charge in [0.1, 0.15) is 29.9 Å². The van der Waals surface area contributed by atoms with Crippen LogP contribution in [0.25, 0.3) is 0 Å². The van der Waals surface area contributed by atoms with Crippen LogP contribution in [0.15, 0.2) is 121 Å². The molecule has 0 fully saturated rings. The van der Waals surface area contributed by atoms with Gasteiger partial charge in [0.15, 0.2) is 0 Å². The van der Waals surface area contributed by atoms with Crippen molar-refractivity contribution in [3.05, 3.63) is 171 Å². The first-order chi connectivity index (χ1) is 31.9. The SMILES string of the molecule is CCC(C)C(NC(=O)c1cc(Cc2cc(C(=O)NC(Cc3ccccc3)C(=O)O)cc(C(=O)NC(Cc3ccccc3)C(=O)O)c2)cc(C(=O)NC(Cc2ccc(O)cc2)C(=O)O)c1)C(=O)O. The second-order valence-corrected chi connectivity index (χ2v) is 16.0. The summed E-state index contributed by atoms with van der Waals surface area (Å²) in [6, 6.07) is 24.8. The Morgan fingerprint density at radius 3 is 1.07 bits per heavy atom. The number of benzene rings is 5. The molecular weight excluding hydrogens is 865 g/mol. The van der Waals surface area contributed by atoms with Crippen molar-refractivity contribution in [1.29, 1.82) is 0 Å². The highest BCUT2D eigenvalue weighted by Gasteiger charge is 2.29. The van der Waals surface area contributed by atoms with Gasteiger partial charge >= 0.3 is 23.9 Å². The highest BCUT2D eigenvalue weighted by Crippen LogP contribution is 2.21. The number of amides is 4. The molecule has 17 nitrogen and oxygen atoms in total. The third-order valence-electron chi connectivity index (χ3n) is 11.0. The maximum Gasteiger partial charge on any atom is 0.326 e. The van der Waals surface area contributed by atoms with Crippen molar-refractivity contribution < 1.29 is 63.9 Å². The molecule has 0 saturated heterocycles. The molecule has 5 rings (SSSR count). The maximum atomic E-state index is 13.9. The number of aromatic hydroxyl groups is 1. The number of aliphatic carboxylic acids is 4. The number of rotatable bonds is 22. The molecule has 0 aliphatic carbocycles. The molecule has 0 spiro atoms. The van der Waals surface area contributed by atoms with Gasteiger partial charge in [-0.05, 0) is 88.7 Å². The van der Waals surface area contributed by atoms with Crippen LogP contribution in [0.1, 0.15) is 89.5 Å². The van der Waals surface area contributed by atoms with Gasteiger partial charge in [0.25, 0.3) is 23.6 Å². The van der Waals surface area contributed by atoms with Crippen molar-refractivity contribution >= 4 is 47.5 Å². The maximum absolute atomic E-state index is 13.9. The van der Waals surface area contributed by atoms with Gasteiger partial charge in [0.05, 0.1) is 0 Å². The zero-order valence-electron chi connectivity index (χ0n) is 36.5. The van der Waals surface area contributed by atoms with Crippen molar-refractivity contribution in [1.82, 2.24) is 21.3 Å². The predicted molar refractivity (Wildman–Crippen MR) is 243 cm³/mol. The second-order valence-electron chi connectivity index (χ2n) is 16.0. The summed E-state index contributed by atoms with van der Waals surface area (Å²) in [5, 5.41) is 59.7. The fourth-order valence-corrected chi connectivity index (χ4v) is 7.15. The molecule has 17 heteroatoms. The van der Waals surface area contributed by atoms with Gasteiger partial charge < -0.3 is 46.8 Å². The normalized spacial score (nSPS) is 13.1. The Hall–Kier alpha value is -8.34. The zero-order chi connectivity index (χ0) is 48.8. The standard InChI is InChI=1S/C50H50N4O13/c1-3-28(2)42(50(66)67)54-46(59)37-22-33(21-36(27-37)45(58)53-41(49(64)65)25-31-14-16-38(55)17-15-31)18-32-19-34(43(56)51-39(47(60)61)23-29-10-6-4-7-11-29)26-35(20-32)44(57)52-40(48(62)63)24-30-12-8-5-9-13-30/h4-17,19-22,26-28,39-42,55H,3,18,23-25H2,1-2H3,(H,51,56)(H,52,57)(H,53,58)(H,54,59)(H,60,61)(H,62,63)(H,64,65)(H,66,67). The summed E-state index contributed by atoms with van der Waals surface area (Å²) in [6.45, 7) is 3.37. The third-order valence-corrected chi connectivity index (χ3v) is 11.0. The minimum atomic E-state index is -1.48. The number of carbonyl (C=O) groups excluding carboxylic acids is 4. The molecule has 5 aromatic rings. The lowest BCUT2D eigenvalue weighted by Crippen LogP contribution is -2.45. The topological polar surface area (TPSA) is 286 Å². The summed E-state index contributed by atoms with van der Waals surface area (Å²) in [7, 11) is 0. The molecule has 0 radical (unpaired) electrons. The van der Waals surface area contributed by atoms with Crippen molar-refractivity contribution in [2.45, 2.75) is 70.1 Å². The lowest BCUT2D eigenvalue weighted by Gasteiger charge is -2.21. The summed E-state index contributed by atoms with van der Waals surface area (Å²) in [6.07, 6.45) is -0.213. The summed E-state index contributed by atoms with van der Waals surface area (Å²) >= 11 is 0. The van der Waals surface area contributed by atoms with Crippen LogP contribution in [0.5, 0.6) is 5.75 Å². The molecule has 0 aromatic heterocycles. The Kier molecular flexibility index (Phi) is 17.1. The van der Waals surface area contributed by atoms with Crippen LogP contribution in [-0.2, 0) is 44.9 Å². The van der Waals surface area contributed by atoms with E-state index in [1.54, 1.807) is 74.5 Å². The summed E-state index contributed by atoms with van der Waals surface area (Å²) in [4.78, 5) is 105. The average Bonchev–Trinajstić information content (AvgIpc) is 3.30. The fraction of sp³-hybridized carbons (Fsp3) is 0.240. The van der Waals surface area contributed by atoms with Crippen LogP contribution >= 0.6 is 0 Å². The molecule has 5 atom stereocenters. The Morgan fingerprint density at radius 1 is 0.433 bits per heavy atom. The van der Waals surface area contributed by atoms with Crippen LogP contribution in [0.4, 0.5) is 0 Å². The number of phenols is 1. The molecule has 5 aromatic carbocycles. The molecule has 9 N–H and O–H groups in total. The van der Waals surface area contributed by atoms with E-state index < -0.39 is 77.6 Å². The third kappa shape index (κ3) is 14.3.